The monoisotopic (exact) mass is 174 g/mol. The van der Waals surface area contributed by atoms with E-state index in [9.17, 15) is 4.79 Å². The van der Waals surface area contributed by atoms with Crippen molar-refractivity contribution in [1.82, 2.24) is 0 Å². The largest absolute Gasteiger partial charge is 0.481 e. The third-order valence-corrected chi connectivity index (χ3v) is 1.34. The van der Waals surface area contributed by atoms with Crippen molar-refractivity contribution in [3.8, 4) is 0 Å². The van der Waals surface area contributed by atoms with Crippen molar-refractivity contribution in [1.29, 1.82) is 0 Å². The van der Waals surface area contributed by atoms with Crippen LogP contribution < -0.4 is 0 Å². The molecule has 12 heavy (non-hydrogen) atoms. The maximum atomic E-state index is 10.1. The fourth-order valence-electron chi connectivity index (χ4n) is 0.864. The standard InChI is InChI=1S/C8H14O4/c1-2-3-6(9)4-7(10)5-8(11)12/h2-3,6-7,9-10H,4-5H2,1H3,(H,11,12)/t6?,7-/m1/s1. The smallest absolute Gasteiger partial charge is 0.305 e. The van der Waals surface area contributed by atoms with Gasteiger partial charge in [-0.2, -0.15) is 0 Å². The summed E-state index contributed by atoms with van der Waals surface area (Å²) in [6, 6.07) is 0. The van der Waals surface area contributed by atoms with E-state index in [1.807, 2.05) is 0 Å². The number of allylic oxidation sites excluding steroid dienone is 1. The van der Waals surface area contributed by atoms with Gasteiger partial charge in [0.15, 0.2) is 0 Å². The number of carbonyl (C=O) groups is 1. The second-order valence-corrected chi connectivity index (χ2v) is 2.58. The van der Waals surface area contributed by atoms with E-state index in [4.69, 9.17) is 15.3 Å². The Morgan fingerprint density at radius 3 is 2.50 bits per heavy atom. The first-order chi connectivity index (χ1) is 5.56. The summed E-state index contributed by atoms with van der Waals surface area (Å²) in [5.74, 6) is -1.06. The molecule has 4 nitrogen and oxygen atoms in total. The number of aliphatic carboxylic acids is 1. The van der Waals surface area contributed by atoms with Crippen LogP contribution >= 0.6 is 0 Å². The zero-order valence-electron chi connectivity index (χ0n) is 6.97. The Morgan fingerprint density at radius 2 is 2.08 bits per heavy atom. The third kappa shape index (κ3) is 5.88. The Kier molecular flexibility index (Phi) is 5.32. The number of hydrogen-bond acceptors (Lipinski definition) is 3. The van der Waals surface area contributed by atoms with Gasteiger partial charge in [0.25, 0.3) is 0 Å². The Balaban J connectivity index is 3.67. The molecule has 0 radical (unpaired) electrons. The molecule has 0 aromatic rings. The lowest BCUT2D eigenvalue weighted by molar-refractivity contribution is -0.139. The highest BCUT2D eigenvalue weighted by Gasteiger charge is 2.12. The third-order valence-electron chi connectivity index (χ3n) is 1.34. The molecular weight excluding hydrogens is 160 g/mol. The highest BCUT2D eigenvalue weighted by Crippen LogP contribution is 2.03. The first-order valence-corrected chi connectivity index (χ1v) is 3.77. The lowest BCUT2D eigenvalue weighted by atomic mass is 10.1. The van der Waals surface area contributed by atoms with Crippen molar-refractivity contribution in [2.24, 2.45) is 0 Å². The second kappa shape index (κ2) is 5.74. The van der Waals surface area contributed by atoms with Crippen LogP contribution in [0.1, 0.15) is 19.8 Å². The average molecular weight is 174 g/mol. The van der Waals surface area contributed by atoms with E-state index in [2.05, 4.69) is 0 Å². The lowest BCUT2D eigenvalue weighted by Crippen LogP contribution is -2.19. The van der Waals surface area contributed by atoms with E-state index in [1.165, 1.54) is 6.08 Å². The summed E-state index contributed by atoms with van der Waals surface area (Å²) in [5.41, 5.74) is 0. The summed E-state index contributed by atoms with van der Waals surface area (Å²) in [7, 11) is 0. The molecule has 0 rings (SSSR count). The molecule has 0 aromatic carbocycles. The minimum absolute atomic E-state index is 0.0661. The molecule has 1 unspecified atom stereocenters. The van der Waals surface area contributed by atoms with Gasteiger partial charge in [-0.15, -0.1) is 0 Å². The topological polar surface area (TPSA) is 77.8 Å². The minimum atomic E-state index is -1.06. The molecule has 0 saturated carbocycles. The predicted octanol–water partition coefficient (Wildman–Crippen LogP) is 0.149. The number of aliphatic hydroxyl groups excluding tert-OH is 2. The van der Waals surface area contributed by atoms with Crippen LogP contribution in [-0.2, 0) is 4.79 Å². The van der Waals surface area contributed by atoms with E-state index in [0.29, 0.717) is 0 Å². The molecule has 70 valence electrons. The maximum Gasteiger partial charge on any atom is 0.305 e. The van der Waals surface area contributed by atoms with Crippen molar-refractivity contribution >= 4 is 5.97 Å². The number of carboxylic acids is 1. The highest BCUT2D eigenvalue weighted by molar-refractivity contribution is 5.67. The fraction of sp³-hybridized carbons (Fsp3) is 0.625. The van der Waals surface area contributed by atoms with Gasteiger partial charge >= 0.3 is 5.97 Å². The molecule has 4 heteroatoms. The first-order valence-electron chi connectivity index (χ1n) is 3.77. The van der Waals surface area contributed by atoms with E-state index >= 15 is 0 Å². The van der Waals surface area contributed by atoms with Crippen LogP contribution in [0.3, 0.4) is 0 Å². The Bertz CT molecular complexity index is 164. The van der Waals surface area contributed by atoms with E-state index in [0.717, 1.165) is 0 Å². The van der Waals surface area contributed by atoms with Crippen LogP contribution in [-0.4, -0.2) is 33.5 Å². The molecule has 0 aromatic heterocycles. The summed E-state index contributed by atoms with van der Waals surface area (Å²) in [5, 5.41) is 26.4. The summed E-state index contributed by atoms with van der Waals surface area (Å²) in [6.07, 6.45) is 1.16. The Labute approximate surface area is 71.1 Å². The van der Waals surface area contributed by atoms with Crippen molar-refractivity contribution in [2.75, 3.05) is 0 Å². The van der Waals surface area contributed by atoms with Crippen molar-refractivity contribution in [3.63, 3.8) is 0 Å². The van der Waals surface area contributed by atoms with Crippen molar-refractivity contribution in [2.45, 2.75) is 32.0 Å². The summed E-state index contributed by atoms with van der Waals surface area (Å²) >= 11 is 0. The molecule has 0 bridgehead atoms. The zero-order chi connectivity index (χ0) is 9.56. The zero-order valence-corrected chi connectivity index (χ0v) is 6.97. The van der Waals surface area contributed by atoms with Gasteiger partial charge in [-0.3, -0.25) is 4.79 Å². The fourth-order valence-corrected chi connectivity index (χ4v) is 0.864. The average Bonchev–Trinajstić information content (AvgIpc) is 1.84. The maximum absolute atomic E-state index is 10.1. The lowest BCUT2D eigenvalue weighted by Gasteiger charge is -2.09. The van der Waals surface area contributed by atoms with Crippen LogP contribution in [0.25, 0.3) is 0 Å². The van der Waals surface area contributed by atoms with Crippen LogP contribution in [0.15, 0.2) is 12.2 Å². The molecule has 0 heterocycles. The number of aliphatic hydroxyl groups is 2. The summed E-state index contributed by atoms with van der Waals surface area (Å²) in [4.78, 5) is 10.1. The molecular formula is C8H14O4. The molecule has 0 saturated heterocycles. The van der Waals surface area contributed by atoms with Crippen LogP contribution in [0, 0.1) is 0 Å². The predicted molar refractivity (Wildman–Crippen MR) is 43.7 cm³/mol. The van der Waals surface area contributed by atoms with E-state index in [1.54, 1.807) is 13.0 Å². The van der Waals surface area contributed by atoms with Gasteiger partial charge in [0.1, 0.15) is 0 Å². The van der Waals surface area contributed by atoms with Gasteiger partial charge in [0, 0.05) is 6.42 Å². The molecule has 0 aliphatic carbocycles. The van der Waals surface area contributed by atoms with Gasteiger partial charge in [-0.1, -0.05) is 12.2 Å². The second-order valence-electron chi connectivity index (χ2n) is 2.58. The van der Waals surface area contributed by atoms with Crippen molar-refractivity contribution < 1.29 is 20.1 Å². The molecule has 0 amide bonds. The van der Waals surface area contributed by atoms with Crippen LogP contribution in [0.4, 0.5) is 0 Å². The molecule has 0 aliphatic heterocycles. The quantitative estimate of drug-likeness (QED) is 0.518. The van der Waals surface area contributed by atoms with Gasteiger partial charge in [-0.25, -0.2) is 0 Å². The van der Waals surface area contributed by atoms with E-state index in [-0.39, 0.29) is 12.8 Å². The highest BCUT2D eigenvalue weighted by atomic mass is 16.4. The van der Waals surface area contributed by atoms with Crippen LogP contribution in [0.5, 0.6) is 0 Å². The molecule has 0 aliphatic rings. The van der Waals surface area contributed by atoms with Gasteiger partial charge in [0.05, 0.1) is 18.6 Å². The molecule has 0 fully saturated rings. The van der Waals surface area contributed by atoms with Gasteiger partial charge in [0.2, 0.25) is 0 Å². The number of hydrogen-bond donors (Lipinski definition) is 3. The summed E-state index contributed by atoms with van der Waals surface area (Å²) < 4.78 is 0. The van der Waals surface area contributed by atoms with Crippen molar-refractivity contribution in [3.05, 3.63) is 12.2 Å². The van der Waals surface area contributed by atoms with Gasteiger partial charge < -0.3 is 15.3 Å². The Morgan fingerprint density at radius 1 is 1.50 bits per heavy atom. The molecule has 2 atom stereocenters. The first kappa shape index (κ1) is 11.1. The number of rotatable bonds is 5. The summed E-state index contributed by atoms with van der Waals surface area (Å²) in [6.45, 7) is 1.74. The minimum Gasteiger partial charge on any atom is -0.481 e. The van der Waals surface area contributed by atoms with E-state index < -0.39 is 18.2 Å². The van der Waals surface area contributed by atoms with Gasteiger partial charge in [-0.05, 0) is 6.92 Å². The Hall–Kier alpha value is -0.870. The number of carboxylic acid groups (broad SMARTS) is 1. The molecule has 0 spiro atoms. The normalized spacial score (nSPS) is 16.2. The molecule has 3 N–H and O–H groups in total. The van der Waals surface area contributed by atoms with Crippen LogP contribution in [0.2, 0.25) is 0 Å². The SMILES string of the molecule is CC=CC(O)C[C@@H](O)CC(=O)O.